The minimum absolute atomic E-state index is 0.102. The average molecular weight is 192 g/mol. The molecule has 0 aliphatic rings. The van der Waals surface area contributed by atoms with Crippen molar-refractivity contribution >= 4 is 16.9 Å². The summed E-state index contributed by atoms with van der Waals surface area (Å²) in [7, 11) is 0. The van der Waals surface area contributed by atoms with Crippen LogP contribution in [0, 0.1) is 5.95 Å². The summed E-state index contributed by atoms with van der Waals surface area (Å²) in [5.41, 5.74) is 0.571. The summed E-state index contributed by atoms with van der Waals surface area (Å²) >= 11 is 0. The number of aromatic nitrogens is 2. The summed E-state index contributed by atoms with van der Waals surface area (Å²) in [5, 5.41) is 15.9. The normalized spacial score (nSPS) is 10.4. The smallest absolute Gasteiger partial charge is 0.335 e. The van der Waals surface area contributed by atoms with Gasteiger partial charge in [0.2, 0.25) is 5.95 Å². The molecule has 14 heavy (non-hydrogen) atoms. The molecule has 0 aliphatic heterocycles. The predicted octanol–water partition coefficient (Wildman–Crippen LogP) is 1.47. The molecular weight excluding hydrogens is 187 g/mol. The molecule has 1 N–H and O–H groups in total. The quantitative estimate of drug-likeness (QED) is 0.743. The summed E-state index contributed by atoms with van der Waals surface area (Å²) in [5.74, 6) is -1.77. The number of halogens is 1. The molecule has 0 spiro atoms. The van der Waals surface area contributed by atoms with Crippen molar-refractivity contribution in [2.24, 2.45) is 0 Å². The van der Waals surface area contributed by atoms with Gasteiger partial charge in [0.05, 0.1) is 11.1 Å². The number of fused-ring (bicyclic) bond motifs is 1. The van der Waals surface area contributed by atoms with E-state index < -0.39 is 11.9 Å². The lowest BCUT2D eigenvalue weighted by atomic mass is 10.1. The Morgan fingerprint density at radius 3 is 2.79 bits per heavy atom. The minimum Gasteiger partial charge on any atom is -0.478 e. The number of carboxylic acids is 1. The fourth-order valence-corrected chi connectivity index (χ4v) is 1.15. The number of carboxylic acid groups (broad SMARTS) is 1. The van der Waals surface area contributed by atoms with E-state index in [1.54, 1.807) is 0 Å². The van der Waals surface area contributed by atoms with E-state index in [2.05, 4.69) is 10.2 Å². The Bertz CT molecular complexity index is 513. The molecule has 0 atom stereocenters. The molecule has 0 amide bonds. The number of rotatable bonds is 1. The van der Waals surface area contributed by atoms with Gasteiger partial charge in [0.15, 0.2) is 0 Å². The zero-order chi connectivity index (χ0) is 10.1. The van der Waals surface area contributed by atoms with Crippen LogP contribution in [-0.2, 0) is 0 Å². The largest absolute Gasteiger partial charge is 0.478 e. The van der Waals surface area contributed by atoms with Crippen LogP contribution in [0.2, 0.25) is 0 Å². The third-order valence-corrected chi connectivity index (χ3v) is 1.80. The van der Waals surface area contributed by atoms with Crippen LogP contribution in [-0.4, -0.2) is 21.3 Å². The number of benzene rings is 1. The Kier molecular flexibility index (Phi) is 1.85. The van der Waals surface area contributed by atoms with Gasteiger partial charge in [-0.1, -0.05) is 0 Å². The molecule has 0 saturated heterocycles. The van der Waals surface area contributed by atoms with Crippen LogP contribution in [0.15, 0.2) is 24.3 Å². The molecule has 4 nitrogen and oxygen atoms in total. The molecule has 0 radical (unpaired) electrons. The number of hydrogen-bond donors (Lipinski definition) is 1. The average Bonchev–Trinajstić information content (AvgIpc) is 2.16. The number of hydrogen-bond acceptors (Lipinski definition) is 3. The Labute approximate surface area is 78.0 Å². The molecule has 0 unspecified atom stereocenters. The van der Waals surface area contributed by atoms with Gasteiger partial charge in [0, 0.05) is 11.5 Å². The monoisotopic (exact) mass is 192 g/mol. The summed E-state index contributed by atoms with van der Waals surface area (Å²) < 4.78 is 12.6. The fourth-order valence-electron chi connectivity index (χ4n) is 1.15. The van der Waals surface area contributed by atoms with Gasteiger partial charge in [-0.15, -0.1) is 10.2 Å². The molecule has 0 aliphatic carbocycles. The first-order valence-electron chi connectivity index (χ1n) is 3.83. The predicted molar refractivity (Wildman–Crippen MR) is 46.5 cm³/mol. The van der Waals surface area contributed by atoms with Crippen molar-refractivity contribution in [1.29, 1.82) is 0 Å². The van der Waals surface area contributed by atoms with Crippen LogP contribution in [0.1, 0.15) is 10.4 Å². The summed E-state index contributed by atoms with van der Waals surface area (Å²) in [6, 6.07) is 5.40. The molecule has 1 heterocycles. The van der Waals surface area contributed by atoms with E-state index in [0.717, 1.165) is 6.07 Å². The first kappa shape index (κ1) is 8.55. The molecular formula is C9H5FN2O2. The van der Waals surface area contributed by atoms with Crippen molar-refractivity contribution in [3.05, 3.63) is 35.8 Å². The third kappa shape index (κ3) is 1.39. The molecule has 2 rings (SSSR count). The zero-order valence-corrected chi connectivity index (χ0v) is 6.94. The maximum Gasteiger partial charge on any atom is 0.335 e. The van der Waals surface area contributed by atoms with Crippen LogP contribution in [0.4, 0.5) is 4.39 Å². The lowest BCUT2D eigenvalue weighted by molar-refractivity contribution is 0.0697. The Morgan fingerprint density at radius 1 is 1.29 bits per heavy atom. The highest BCUT2D eigenvalue weighted by molar-refractivity contribution is 5.93. The van der Waals surface area contributed by atoms with Crippen LogP contribution < -0.4 is 0 Å². The molecule has 0 fully saturated rings. The topological polar surface area (TPSA) is 63.1 Å². The maximum absolute atomic E-state index is 12.6. The van der Waals surface area contributed by atoms with Crippen molar-refractivity contribution in [3.8, 4) is 0 Å². The molecule has 5 heteroatoms. The number of nitrogens with zero attached hydrogens (tertiary/aromatic N) is 2. The van der Waals surface area contributed by atoms with Crippen molar-refractivity contribution < 1.29 is 14.3 Å². The van der Waals surface area contributed by atoms with Crippen LogP contribution in [0.25, 0.3) is 10.9 Å². The van der Waals surface area contributed by atoms with E-state index in [4.69, 9.17) is 5.11 Å². The molecule has 2 aromatic rings. The van der Waals surface area contributed by atoms with E-state index in [9.17, 15) is 9.18 Å². The second-order valence-electron chi connectivity index (χ2n) is 2.75. The van der Waals surface area contributed by atoms with Crippen LogP contribution in [0.5, 0.6) is 0 Å². The number of carbonyl (C=O) groups is 1. The van der Waals surface area contributed by atoms with Gasteiger partial charge in [-0.25, -0.2) is 4.79 Å². The van der Waals surface area contributed by atoms with Gasteiger partial charge < -0.3 is 5.11 Å². The first-order valence-corrected chi connectivity index (χ1v) is 3.83. The molecule has 0 bridgehead atoms. The van der Waals surface area contributed by atoms with Crippen molar-refractivity contribution in [3.63, 3.8) is 0 Å². The van der Waals surface area contributed by atoms with Gasteiger partial charge in [-0.2, -0.15) is 4.39 Å². The molecule has 1 aromatic carbocycles. The zero-order valence-electron chi connectivity index (χ0n) is 6.94. The van der Waals surface area contributed by atoms with Crippen molar-refractivity contribution in [1.82, 2.24) is 10.2 Å². The van der Waals surface area contributed by atoms with Crippen LogP contribution >= 0.6 is 0 Å². The highest BCUT2D eigenvalue weighted by atomic mass is 19.1. The first-order chi connectivity index (χ1) is 6.66. The Balaban J connectivity index is 2.69. The summed E-state index contributed by atoms with van der Waals surface area (Å²) in [4.78, 5) is 10.6. The lowest BCUT2D eigenvalue weighted by Crippen LogP contribution is -1.96. The van der Waals surface area contributed by atoms with Gasteiger partial charge in [0.1, 0.15) is 0 Å². The molecule has 0 saturated carbocycles. The lowest BCUT2D eigenvalue weighted by Gasteiger charge is -1.97. The summed E-state index contributed by atoms with van der Waals surface area (Å²) in [6.45, 7) is 0. The van der Waals surface area contributed by atoms with Crippen molar-refractivity contribution in [2.45, 2.75) is 0 Å². The van der Waals surface area contributed by atoms with E-state index >= 15 is 0 Å². The second-order valence-corrected chi connectivity index (χ2v) is 2.75. The summed E-state index contributed by atoms with van der Waals surface area (Å²) in [6.07, 6.45) is 0. The molecule has 1 aromatic heterocycles. The maximum atomic E-state index is 12.6. The Hall–Kier alpha value is -2.04. The van der Waals surface area contributed by atoms with Crippen molar-refractivity contribution in [2.75, 3.05) is 0 Å². The SMILES string of the molecule is O=C(O)c1ccc2nnc(F)cc2c1. The third-order valence-electron chi connectivity index (χ3n) is 1.80. The van der Waals surface area contributed by atoms with Gasteiger partial charge >= 0.3 is 5.97 Å². The van der Waals surface area contributed by atoms with Gasteiger partial charge in [0.25, 0.3) is 0 Å². The van der Waals surface area contributed by atoms with Crippen LogP contribution in [0.3, 0.4) is 0 Å². The number of aromatic carboxylic acids is 1. The van der Waals surface area contributed by atoms with Gasteiger partial charge in [-0.3, -0.25) is 0 Å². The van der Waals surface area contributed by atoms with E-state index in [1.807, 2.05) is 0 Å². The van der Waals surface area contributed by atoms with Gasteiger partial charge in [-0.05, 0) is 18.2 Å². The highest BCUT2D eigenvalue weighted by Crippen LogP contribution is 2.13. The highest BCUT2D eigenvalue weighted by Gasteiger charge is 2.05. The second kappa shape index (κ2) is 3.02. The Morgan fingerprint density at radius 2 is 2.07 bits per heavy atom. The standard InChI is InChI=1S/C9H5FN2O2/c10-8-4-6-3-5(9(13)14)1-2-7(6)11-12-8/h1-4H,(H,13,14). The minimum atomic E-state index is -1.05. The molecule has 70 valence electrons. The van der Waals surface area contributed by atoms with E-state index in [0.29, 0.717) is 10.9 Å². The van der Waals surface area contributed by atoms with E-state index in [1.165, 1.54) is 18.2 Å². The fraction of sp³-hybridized carbons (Fsp3) is 0. The van der Waals surface area contributed by atoms with E-state index in [-0.39, 0.29) is 5.56 Å².